The Morgan fingerprint density at radius 1 is 0.833 bits per heavy atom. The highest BCUT2D eigenvalue weighted by atomic mass is 16.5. The minimum Gasteiger partial charge on any atom is -0.497 e. The number of hydrogen-bond acceptors (Lipinski definition) is 4. The second kappa shape index (κ2) is 9.35. The van der Waals surface area contributed by atoms with Crippen LogP contribution >= 0.6 is 0 Å². The van der Waals surface area contributed by atoms with Crippen LogP contribution in [0.15, 0.2) is 72.8 Å². The topological polar surface area (TPSA) is 45.5 Å². The first kappa shape index (κ1) is 19.8. The Morgan fingerprint density at radius 2 is 1.63 bits per heavy atom. The number of para-hydroxylation sites is 2. The third-order valence-electron chi connectivity index (χ3n) is 4.95. The first-order valence-corrected chi connectivity index (χ1v) is 10.1. The van der Waals surface area contributed by atoms with Gasteiger partial charge in [-0.25, -0.2) is 4.98 Å². The van der Waals surface area contributed by atoms with Crippen molar-refractivity contribution < 1.29 is 14.2 Å². The molecule has 5 heteroatoms. The number of rotatable bonds is 9. The highest BCUT2D eigenvalue weighted by Gasteiger charge is 2.11. The highest BCUT2D eigenvalue weighted by Crippen LogP contribution is 2.21. The summed E-state index contributed by atoms with van der Waals surface area (Å²) in [5.74, 6) is 3.41. The summed E-state index contributed by atoms with van der Waals surface area (Å²) in [5, 5.41) is 0. The van der Waals surface area contributed by atoms with E-state index < -0.39 is 0 Å². The van der Waals surface area contributed by atoms with Crippen LogP contribution < -0.4 is 14.2 Å². The van der Waals surface area contributed by atoms with Crippen molar-refractivity contribution in [3.8, 4) is 17.2 Å². The van der Waals surface area contributed by atoms with Crippen LogP contribution in [-0.4, -0.2) is 23.3 Å². The van der Waals surface area contributed by atoms with Crippen LogP contribution in [0, 0.1) is 6.92 Å². The first-order chi connectivity index (χ1) is 14.7. The second-order valence-corrected chi connectivity index (χ2v) is 7.15. The monoisotopic (exact) mass is 402 g/mol. The number of methoxy groups -OCH3 is 1. The zero-order valence-electron chi connectivity index (χ0n) is 17.4. The molecule has 0 unspecified atom stereocenters. The summed E-state index contributed by atoms with van der Waals surface area (Å²) in [6.45, 7) is 3.93. The predicted octanol–water partition coefficient (Wildman–Crippen LogP) is 5.40. The lowest BCUT2D eigenvalue weighted by atomic mass is 10.2. The molecule has 0 saturated carbocycles. The fraction of sp³-hybridized carbons (Fsp3) is 0.240. The van der Waals surface area contributed by atoms with Gasteiger partial charge >= 0.3 is 0 Å². The van der Waals surface area contributed by atoms with Crippen LogP contribution in [0.5, 0.6) is 17.2 Å². The molecule has 0 aliphatic rings. The molecule has 0 fully saturated rings. The Morgan fingerprint density at radius 3 is 2.43 bits per heavy atom. The maximum absolute atomic E-state index is 5.98. The van der Waals surface area contributed by atoms with Crippen LogP contribution in [0.1, 0.15) is 17.8 Å². The summed E-state index contributed by atoms with van der Waals surface area (Å²) in [5.41, 5.74) is 3.29. The van der Waals surface area contributed by atoms with Gasteiger partial charge < -0.3 is 18.8 Å². The van der Waals surface area contributed by atoms with Gasteiger partial charge in [-0.2, -0.15) is 0 Å². The molecule has 30 heavy (non-hydrogen) atoms. The van der Waals surface area contributed by atoms with E-state index in [1.165, 1.54) is 5.56 Å². The number of benzene rings is 3. The molecule has 4 rings (SSSR count). The number of fused-ring (bicyclic) bond motifs is 1. The Bertz CT molecular complexity index is 1100. The van der Waals surface area contributed by atoms with Gasteiger partial charge in [0.05, 0.1) is 24.8 Å². The maximum atomic E-state index is 5.98. The number of nitrogens with zero attached hydrogens (tertiary/aromatic N) is 2. The quantitative estimate of drug-likeness (QED) is 0.352. The van der Waals surface area contributed by atoms with Gasteiger partial charge in [-0.05, 0) is 67.4 Å². The van der Waals surface area contributed by atoms with Crippen molar-refractivity contribution in [3.63, 3.8) is 0 Å². The molecular weight excluding hydrogens is 376 g/mol. The van der Waals surface area contributed by atoms with E-state index in [2.05, 4.69) is 29.7 Å². The fourth-order valence-corrected chi connectivity index (χ4v) is 3.42. The van der Waals surface area contributed by atoms with Crippen molar-refractivity contribution in [2.24, 2.45) is 0 Å². The summed E-state index contributed by atoms with van der Waals surface area (Å²) >= 11 is 0. The molecule has 0 aliphatic carbocycles. The minimum atomic E-state index is 0.403. The van der Waals surface area contributed by atoms with Gasteiger partial charge in [-0.15, -0.1) is 0 Å². The van der Waals surface area contributed by atoms with Gasteiger partial charge in [-0.3, -0.25) is 0 Å². The number of imidazole rings is 1. The van der Waals surface area contributed by atoms with Crippen LogP contribution in [0.2, 0.25) is 0 Å². The van der Waals surface area contributed by atoms with E-state index in [-0.39, 0.29) is 0 Å². The minimum absolute atomic E-state index is 0.403. The zero-order chi connectivity index (χ0) is 20.8. The molecule has 0 aliphatic heterocycles. The Kier molecular flexibility index (Phi) is 6.18. The van der Waals surface area contributed by atoms with E-state index in [1.54, 1.807) is 7.11 Å². The SMILES string of the molecule is COc1ccc(OCc2nc3ccccc3n2CCCOc2cccc(C)c2)cc1. The highest BCUT2D eigenvalue weighted by molar-refractivity contribution is 5.75. The number of ether oxygens (including phenoxy) is 3. The molecule has 0 atom stereocenters. The molecule has 0 saturated heterocycles. The molecule has 5 nitrogen and oxygen atoms in total. The van der Waals surface area contributed by atoms with Crippen molar-refractivity contribution in [1.29, 1.82) is 0 Å². The lowest BCUT2D eigenvalue weighted by Gasteiger charge is -2.12. The van der Waals surface area contributed by atoms with Gasteiger partial charge in [0.2, 0.25) is 0 Å². The summed E-state index contributed by atoms with van der Waals surface area (Å²) < 4.78 is 19.3. The average Bonchev–Trinajstić information content (AvgIpc) is 3.13. The molecule has 0 spiro atoms. The van der Waals surface area contributed by atoms with Gasteiger partial charge in [0.25, 0.3) is 0 Å². The van der Waals surface area contributed by atoms with Crippen molar-refractivity contribution in [2.45, 2.75) is 26.5 Å². The summed E-state index contributed by atoms with van der Waals surface area (Å²) in [6.07, 6.45) is 0.879. The van der Waals surface area contributed by atoms with Crippen molar-refractivity contribution in [3.05, 3.63) is 84.2 Å². The number of aryl methyl sites for hydroxylation is 2. The first-order valence-electron chi connectivity index (χ1n) is 10.1. The van der Waals surface area contributed by atoms with Crippen LogP contribution in [0.3, 0.4) is 0 Å². The summed E-state index contributed by atoms with van der Waals surface area (Å²) in [6, 6.07) is 23.9. The molecule has 0 bridgehead atoms. The van der Waals surface area contributed by atoms with E-state index in [1.807, 2.05) is 54.6 Å². The average molecular weight is 402 g/mol. The van der Waals surface area contributed by atoms with Crippen molar-refractivity contribution >= 4 is 11.0 Å². The second-order valence-electron chi connectivity index (χ2n) is 7.15. The van der Waals surface area contributed by atoms with E-state index in [9.17, 15) is 0 Å². The van der Waals surface area contributed by atoms with E-state index in [0.29, 0.717) is 13.2 Å². The third-order valence-corrected chi connectivity index (χ3v) is 4.95. The zero-order valence-corrected chi connectivity index (χ0v) is 17.4. The third kappa shape index (κ3) is 4.74. The summed E-state index contributed by atoms with van der Waals surface area (Å²) in [7, 11) is 1.65. The van der Waals surface area contributed by atoms with Crippen molar-refractivity contribution in [2.75, 3.05) is 13.7 Å². The molecule has 154 valence electrons. The standard InChI is InChI=1S/C25H26N2O3/c1-19-7-5-8-22(17-19)29-16-6-15-27-24-10-4-3-9-23(24)26-25(27)18-30-21-13-11-20(28-2)12-14-21/h3-5,7-14,17H,6,15-16,18H2,1-2H3. The molecular formula is C25H26N2O3. The normalized spacial score (nSPS) is 10.9. The Balaban J connectivity index is 1.43. The summed E-state index contributed by atoms with van der Waals surface area (Å²) in [4.78, 5) is 4.78. The molecule has 4 aromatic rings. The molecule has 1 aromatic heterocycles. The smallest absolute Gasteiger partial charge is 0.147 e. The Labute approximate surface area is 176 Å². The van der Waals surface area contributed by atoms with Gasteiger partial charge in [-0.1, -0.05) is 24.3 Å². The number of aromatic nitrogens is 2. The van der Waals surface area contributed by atoms with E-state index in [4.69, 9.17) is 19.2 Å². The van der Waals surface area contributed by atoms with Gasteiger partial charge in [0.15, 0.2) is 0 Å². The van der Waals surface area contributed by atoms with Gasteiger partial charge in [0, 0.05) is 6.54 Å². The van der Waals surface area contributed by atoms with E-state index in [0.717, 1.165) is 47.1 Å². The lowest BCUT2D eigenvalue weighted by Crippen LogP contribution is -2.10. The molecule has 1 heterocycles. The maximum Gasteiger partial charge on any atom is 0.147 e. The van der Waals surface area contributed by atoms with E-state index >= 15 is 0 Å². The Hall–Kier alpha value is -3.47. The molecule has 0 amide bonds. The predicted molar refractivity (Wildman–Crippen MR) is 118 cm³/mol. The molecule has 0 N–H and O–H groups in total. The van der Waals surface area contributed by atoms with Crippen LogP contribution in [0.25, 0.3) is 11.0 Å². The van der Waals surface area contributed by atoms with Crippen molar-refractivity contribution in [1.82, 2.24) is 9.55 Å². The van der Waals surface area contributed by atoms with Crippen LogP contribution in [-0.2, 0) is 13.2 Å². The lowest BCUT2D eigenvalue weighted by molar-refractivity contribution is 0.280. The van der Waals surface area contributed by atoms with Gasteiger partial charge in [0.1, 0.15) is 29.7 Å². The fourth-order valence-electron chi connectivity index (χ4n) is 3.42. The molecule has 3 aromatic carbocycles. The number of hydrogen-bond donors (Lipinski definition) is 0. The molecule has 0 radical (unpaired) electrons. The largest absolute Gasteiger partial charge is 0.497 e. The van der Waals surface area contributed by atoms with Crippen LogP contribution in [0.4, 0.5) is 0 Å².